The number of hydroxylamine groups is 1. The van der Waals surface area contributed by atoms with Crippen LogP contribution >= 0.6 is 0 Å². The van der Waals surface area contributed by atoms with Crippen molar-refractivity contribution in [1.82, 2.24) is 10.2 Å². The van der Waals surface area contributed by atoms with E-state index < -0.39 is 17.8 Å². The van der Waals surface area contributed by atoms with E-state index in [1.165, 1.54) is 0 Å². The number of hydrogen-bond acceptors (Lipinski definition) is 6. The number of hydrogen-bond donors (Lipinski definition) is 1. The molecule has 0 saturated carbocycles. The lowest BCUT2D eigenvalue weighted by atomic mass is 9.77. The predicted octanol–water partition coefficient (Wildman–Crippen LogP) is 2.50. The number of piperidine rings is 1. The lowest BCUT2D eigenvalue weighted by molar-refractivity contribution is -0.253. The second kappa shape index (κ2) is 8.03. The van der Waals surface area contributed by atoms with Crippen LogP contribution < -0.4 is 5.73 Å². The van der Waals surface area contributed by atoms with E-state index in [1.807, 2.05) is 20.8 Å². The van der Waals surface area contributed by atoms with Gasteiger partial charge in [0.2, 0.25) is 5.91 Å². The monoisotopic (exact) mass is 370 g/mol. The summed E-state index contributed by atoms with van der Waals surface area (Å²) < 4.78 is 5.35. The van der Waals surface area contributed by atoms with Gasteiger partial charge in [0.25, 0.3) is 0 Å². The minimum Gasteiger partial charge on any atom is -0.441 e. The zero-order valence-electron chi connectivity index (χ0n) is 16.4. The van der Waals surface area contributed by atoms with E-state index in [9.17, 15) is 14.4 Å². The fourth-order valence-electron chi connectivity index (χ4n) is 2.83. The first-order valence-electron chi connectivity index (χ1n) is 8.54. The van der Waals surface area contributed by atoms with E-state index in [2.05, 4.69) is 11.7 Å². The van der Waals surface area contributed by atoms with Gasteiger partial charge in [0.05, 0.1) is 0 Å². The van der Waals surface area contributed by atoms with Crippen molar-refractivity contribution in [2.45, 2.75) is 66.0 Å². The van der Waals surface area contributed by atoms with Crippen molar-refractivity contribution < 1.29 is 24.0 Å². The van der Waals surface area contributed by atoms with E-state index in [0.717, 1.165) is 5.17 Å². The molecule has 1 aliphatic heterocycles. The summed E-state index contributed by atoms with van der Waals surface area (Å²) in [6.07, 6.45) is -1.01. The summed E-state index contributed by atoms with van der Waals surface area (Å²) in [4.78, 5) is 44.2. The van der Waals surface area contributed by atoms with Crippen molar-refractivity contribution in [3.63, 3.8) is 0 Å². The molecule has 3 amide bonds. The zero-order chi connectivity index (χ0) is 20.3. The molecule has 2 atom stereocenters. The summed E-state index contributed by atoms with van der Waals surface area (Å²) >= 11 is 0. The second-order valence-electron chi connectivity index (χ2n) is 8.44. The maximum Gasteiger partial charge on any atom is 0.459 e. The van der Waals surface area contributed by atoms with Crippen LogP contribution in [0, 0.1) is 11.3 Å². The lowest BCUT2D eigenvalue weighted by Crippen LogP contribution is -2.60. The molecule has 9 nitrogen and oxygen atoms in total. The minimum absolute atomic E-state index is 0.291. The standard InChI is InChI=1S/C17H30N4O5/c1-16(2,3)12-10-11(13(18)22)8-9-20(12)21(26-14(23)19-7)15(24)25-17(4,5)6/h11-12H,7-10H2,1-6H3,(H2,18,22). The molecule has 0 spiro atoms. The van der Waals surface area contributed by atoms with E-state index >= 15 is 0 Å². The summed E-state index contributed by atoms with van der Waals surface area (Å²) in [5.74, 6) is -0.698. The Labute approximate surface area is 154 Å². The quantitative estimate of drug-likeness (QED) is 0.590. The van der Waals surface area contributed by atoms with Crippen molar-refractivity contribution >= 4 is 24.8 Å². The van der Waals surface area contributed by atoms with Crippen LogP contribution in [0.3, 0.4) is 0 Å². The summed E-state index contributed by atoms with van der Waals surface area (Å²) in [6, 6.07) is -0.293. The number of carbonyl (C=O) groups excluding carboxylic acids is 3. The van der Waals surface area contributed by atoms with Gasteiger partial charge in [-0.3, -0.25) is 9.63 Å². The van der Waals surface area contributed by atoms with Crippen LogP contribution in [0.25, 0.3) is 0 Å². The third-order valence-corrected chi connectivity index (χ3v) is 4.05. The van der Waals surface area contributed by atoms with Crippen LogP contribution in [0.5, 0.6) is 0 Å². The predicted molar refractivity (Wildman–Crippen MR) is 96.0 cm³/mol. The summed E-state index contributed by atoms with van der Waals surface area (Å²) in [6.45, 7) is 14.4. The van der Waals surface area contributed by atoms with E-state index in [1.54, 1.807) is 25.8 Å². The van der Waals surface area contributed by atoms with Crippen molar-refractivity contribution in [1.29, 1.82) is 0 Å². The minimum atomic E-state index is -1.03. The second-order valence-corrected chi connectivity index (χ2v) is 8.44. The largest absolute Gasteiger partial charge is 0.459 e. The maximum atomic E-state index is 12.6. The first-order valence-corrected chi connectivity index (χ1v) is 8.54. The molecule has 9 heteroatoms. The molecule has 2 N–H and O–H groups in total. The molecule has 148 valence electrons. The Balaban J connectivity index is 3.19. The van der Waals surface area contributed by atoms with E-state index in [-0.39, 0.29) is 23.3 Å². The van der Waals surface area contributed by atoms with Crippen molar-refractivity contribution in [2.75, 3.05) is 6.54 Å². The highest BCUT2D eigenvalue weighted by Gasteiger charge is 2.44. The molecule has 1 rings (SSSR count). The SMILES string of the molecule is C=NC(=O)ON(C(=O)OC(C)(C)C)N1CCC(C(N)=O)CC1C(C)(C)C. The topological polar surface area (TPSA) is 115 Å². The lowest BCUT2D eigenvalue weighted by Gasteiger charge is -2.47. The number of nitrogens with zero attached hydrogens (tertiary/aromatic N) is 3. The summed E-state index contributed by atoms with van der Waals surface area (Å²) in [5.41, 5.74) is 4.35. The van der Waals surface area contributed by atoms with Gasteiger partial charge >= 0.3 is 12.2 Å². The van der Waals surface area contributed by atoms with Crippen LogP contribution in [0.15, 0.2) is 4.99 Å². The summed E-state index contributed by atoms with van der Waals surface area (Å²) in [5, 5.41) is 2.38. The Morgan fingerprint density at radius 3 is 2.19 bits per heavy atom. The van der Waals surface area contributed by atoms with Crippen molar-refractivity contribution in [3.05, 3.63) is 0 Å². The third-order valence-electron chi connectivity index (χ3n) is 4.05. The highest BCUT2D eigenvalue weighted by Crippen LogP contribution is 2.36. The number of nitrogens with two attached hydrogens (primary N) is 1. The smallest absolute Gasteiger partial charge is 0.441 e. The molecule has 1 heterocycles. The normalized spacial score (nSPS) is 21.6. The number of rotatable bonds is 2. The number of amides is 3. The Morgan fingerprint density at radius 1 is 1.19 bits per heavy atom. The maximum absolute atomic E-state index is 12.6. The van der Waals surface area contributed by atoms with Crippen LogP contribution in [-0.2, 0) is 14.4 Å². The molecule has 0 aliphatic carbocycles. The van der Waals surface area contributed by atoms with Gasteiger partial charge in [0.15, 0.2) is 0 Å². The highest BCUT2D eigenvalue weighted by molar-refractivity contribution is 5.77. The van der Waals surface area contributed by atoms with Crippen LogP contribution in [0.4, 0.5) is 9.59 Å². The molecule has 1 fully saturated rings. The summed E-state index contributed by atoms with van der Waals surface area (Å²) in [7, 11) is 0. The van der Waals surface area contributed by atoms with Crippen LogP contribution in [0.1, 0.15) is 54.4 Å². The van der Waals surface area contributed by atoms with Gasteiger partial charge in [-0.15, -0.1) is 0 Å². The van der Waals surface area contributed by atoms with Crippen LogP contribution in [0.2, 0.25) is 0 Å². The molecule has 1 aliphatic rings. The van der Waals surface area contributed by atoms with Gasteiger partial charge in [-0.05, 0) is 45.7 Å². The molecule has 2 unspecified atom stereocenters. The molecular weight excluding hydrogens is 340 g/mol. The molecule has 1 saturated heterocycles. The highest BCUT2D eigenvalue weighted by atomic mass is 16.8. The van der Waals surface area contributed by atoms with Crippen molar-refractivity contribution in [2.24, 2.45) is 22.1 Å². The fraction of sp³-hybridized carbons (Fsp3) is 0.765. The number of carbonyl (C=O) groups is 3. The third kappa shape index (κ3) is 5.98. The van der Waals surface area contributed by atoms with Gasteiger partial charge in [-0.25, -0.2) is 9.59 Å². The Bertz CT molecular complexity index is 564. The fourth-order valence-corrected chi connectivity index (χ4v) is 2.83. The number of aliphatic imine (C=N–C) groups is 1. The molecule has 0 radical (unpaired) electrons. The first-order chi connectivity index (χ1) is 11.8. The average Bonchev–Trinajstić information content (AvgIpc) is 2.49. The number of primary amides is 1. The van der Waals surface area contributed by atoms with Crippen molar-refractivity contribution in [3.8, 4) is 0 Å². The van der Waals surface area contributed by atoms with Gasteiger partial charge in [-0.2, -0.15) is 10.0 Å². The molecule has 0 bridgehead atoms. The molecule has 0 aromatic carbocycles. The van der Waals surface area contributed by atoms with Gasteiger partial charge in [0, 0.05) is 18.5 Å². The molecule has 0 aromatic heterocycles. The van der Waals surface area contributed by atoms with E-state index in [0.29, 0.717) is 19.4 Å². The Hall–Kier alpha value is -2.16. The first kappa shape index (κ1) is 21.9. The van der Waals surface area contributed by atoms with Crippen LogP contribution in [-0.4, -0.2) is 53.2 Å². The van der Waals surface area contributed by atoms with E-state index in [4.69, 9.17) is 15.3 Å². The average molecular weight is 370 g/mol. The Kier molecular flexibility index (Phi) is 6.76. The molecular formula is C17H30N4O5. The van der Waals surface area contributed by atoms with Gasteiger partial charge in [-0.1, -0.05) is 25.9 Å². The number of hydrazine groups is 1. The number of ether oxygens (including phenoxy) is 1. The van der Waals surface area contributed by atoms with Gasteiger partial charge in [0.1, 0.15) is 5.60 Å². The molecule has 26 heavy (non-hydrogen) atoms. The molecule has 0 aromatic rings. The zero-order valence-corrected chi connectivity index (χ0v) is 16.4. The Morgan fingerprint density at radius 2 is 1.77 bits per heavy atom. The van der Waals surface area contributed by atoms with Gasteiger partial charge < -0.3 is 10.5 Å².